The van der Waals surface area contributed by atoms with Crippen molar-refractivity contribution in [2.24, 2.45) is 7.05 Å². The topological polar surface area (TPSA) is 77.8 Å². The molecule has 0 unspecified atom stereocenters. The number of pyridine rings is 1. The highest BCUT2D eigenvalue weighted by Crippen LogP contribution is 2.10. The molecule has 0 bridgehead atoms. The third kappa shape index (κ3) is 4.29. The van der Waals surface area contributed by atoms with Crippen LogP contribution in [0.25, 0.3) is 0 Å². The van der Waals surface area contributed by atoms with Gasteiger partial charge < -0.3 is 10.1 Å². The lowest BCUT2D eigenvalue weighted by Gasteiger charge is -2.05. The number of nitrogens with one attached hydrogen (secondary N) is 1. The minimum absolute atomic E-state index is 0.295. The van der Waals surface area contributed by atoms with Gasteiger partial charge >= 0.3 is 0 Å². The first-order chi connectivity index (χ1) is 9.28. The fourth-order valence-corrected chi connectivity index (χ4v) is 1.52. The molecule has 102 valence electrons. The van der Waals surface area contributed by atoms with Crippen LogP contribution in [0, 0.1) is 0 Å². The van der Waals surface area contributed by atoms with E-state index < -0.39 is 0 Å². The van der Waals surface area contributed by atoms with Crippen molar-refractivity contribution in [2.75, 3.05) is 6.54 Å². The molecule has 0 aliphatic rings. The SMILES string of the molecule is CCCNCc1ccc(OCc2nnn(C)n2)cn1. The van der Waals surface area contributed by atoms with Crippen LogP contribution in [-0.2, 0) is 20.2 Å². The van der Waals surface area contributed by atoms with E-state index in [2.05, 4.69) is 32.6 Å². The largest absolute Gasteiger partial charge is 0.484 e. The van der Waals surface area contributed by atoms with E-state index in [0.717, 1.165) is 25.2 Å². The molecule has 7 heteroatoms. The van der Waals surface area contributed by atoms with Gasteiger partial charge in [0.05, 0.1) is 18.9 Å². The first-order valence-electron chi connectivity index (χ1n) is 6.29. The van der Waals surface area contributed by atoms with Crippen molar-refractivity contribution < 1.29 is 4.74 Å². The molecule has 1 N–H and O–H groups in total. The number of ether oxygens (including phenoxy) is 1. The third-order valence-electron chi connectivity index (χ3n) is 2.45. The summed E-state index contributed by atoms with van der Waals surface area (Å²) >= 11 is 0. The van der Waals surface area contributed by atoms with Gasteiger partial charge in [-0.1, -0.05) is 6.92 Å². The Morgan fingerprint density at radius 2 is 2.26 bits per heavy atom. The normalized spacial score (nSPS) is 10.6. The van der Waals surface area contributed by atoms with Gasteiger partial charge in [0.25, 0.3) is 0 Å². The predicted molar refractivity (Wildman–Crippen MR) is 69.4 cm³/mol. The fraction of sp³-hybridized carbons (Fsp3) is 0.500. The van der Waals surface area contributed by atoms with E-state index in [1.807, 2.05) is 12.1 Å². The van der Waals surface area contributed by atoms with E-state index in [1.54, 1.807) is 13.2 Å². The van der Waals surface area contributed by atoms with Crippen LogP contribution >= 0.6 is 0 Å². The van der Waals surface area contributed by atoms with E-state index >= 15 is 0 Å². The Morgan fingerprint density at radius 3 is 2.89 bits per heavy atom. The lowest BCUT2D eigenvalue weighted by Crippen LogP contribution is -2.14. The second-order valence-electron chi connectivity index (χ2n) is 4.15. The van der Waals surface area contributed by atoms with E-state index in [-0.39, 0.29) is 0 Å². The summed E-state index contributed by atoms with van der Waals surface area (Å²) in [4.78, 5) is 5.72. The predicted octanol–water partition coefficient (Wildman–Crippen LogP) is 0.684. The van der Waals surface area contributed by atoms with Crippen molar-refractivity contribution in [1.82, 2.24) is 30.5 Å². The lowest BCUT2D eigenvalue weighted by molar-refractivity contribution is 0.294. The molecule has 0 amide bonds. The number of hydrogen-bond donors (Lipinski definition) is 1. The molecule has 2 rings (SSSR count). The highest BCUT2D eigenvalue weighted by atomic mass is 16.5. The van der Waals surface area contributed by atoms with E-state index in [0.29, 0.717) is 18.2 Å². The van der Waals surface area contributed by atoms with E-state index in [9.17, 15) is 0 Å². The average molecular weight is 262 g/mol. The highest BCUT2D eigenvalue weighted by Gasteiger charge is 2.02. The van der Waals surface area contributed by atoms with Crippen LogP contribution in [0.3, 0.4) is 0 Å². The van der Waals surface area contributed by atoms with Crippen LogP contribution in [0.2, 0.25) is 0 Å². The minimum atomic E-state index is 0.295. The summed E-state index contributed by atoms with van der Waals surface area (Å²) in [6.07, 6.45) is 2.83. The molecule has 0 saturated heterocycles. The van der Waals surface area contributed by atoms with Gasteiger partial charge in [-0.2, -0.15) is 4.80 Å². The molecule has 0 fully saturated rings. The molecular formula is C12H18N6O. The van der Waals surface area contributed by atoms with Crippen LogP contribution in [0.15, 0.2) is 18.3 Å². The lowest BCUT2D eigenvalue weighted by atomic mass is 10.3. The summed E-state index contributed by atoms with van der Waals surface area (Å²) in [7, 11) is 1.72. The monoisotopic (exact) mass is 262 g/mol. The molecule has 0 atom stereocenters. The molecule has 0 saturated carbocycles. The number of rotatable bonds is 7. The fourth-order valence-electron chi connectivity index (χ4n) is 1.52. The molecule has 2 heterocycles. The summed E-state index contributed by atoms with van der Waals surface area (Å²) in [6, 6.07) is 3.84. The number of nitrogens with zero attached hydrogens (tertiary/aromatic N) is 5. The van der Waals surface area contributed by atoms with Crippen molar-refractivity contribution in [2.45, 2.75) is 26.5 Å². The summed E-state index contributed by atoms with van der Waals surface area (Å²) in [6.45, 7) is 4.21. The number of aryl methyl sites for hydroxylation is 1. The first-order valence-corrected chi connectivity index (χ1v) is 6.29. The summed E-state index contributed by atoms with van der Waals surface area (Å²) in [5.74, 6) is 1.25. The van der Waals surface area contributed by atoms with Crippen LogP contribution in [0.1, 0.15) is 24.9 Å². The zero-order valence-electron chi connectivity index (χ0n) is 11.2. The Hall–Kier alpha value is -2.02. The Kier molecular flexibility index (Phi) is 4.79. The first kappa shape index (κ1) is 13.4. The van der Waals surface area contributed by atoms with E-state index in [1.165, 1.54) is 4.80 Å². The number of hydrogen-bond acceptors (Lipinski definition) is 6. The van der Waals surface area contributed by atoms with Crippen molar-refractivity contribution in [1.29, 1.82) is 0 Å². The van der Waals surface area contributed by atoms with Gasteiger partial charge in [-0.15, -0.1) is 10.2 Å². The van der Waals surface area contributed by atoms with Crippen molar-refractivity contribution in [3.63, 3.8) is 0 Å². The van der Waals surface area contributed by atoms with Crippen molar-refractivity contribution >= 4 is 0 Å². The molecule has 2 aromatic heterocycles. The third-order valence-corrected chi connectivity index (χ3v) is 2.45. The summed E-state index contributed by atoms with van der Waals surface area (Å²) < 4.78 is 5.52. The standard InChI is InChI=1S/C12H18N6O/c1-3-6-13-7-10-4-5-11(8-14-10)19-9-12-15-17-18(2)16-12/h4-5,8,13H,3,6-7,9H2,1-2H3. The van der Waals surface area contributed by atoms with Gasteiger partial charge in [-0.3, -0.25) is 4.98 Å². The van der Waals surface area contributed by atoms with Crippen LogP contribution in [-0.4, -0.2) is 31.7 Å². The smallest absolute Gasteiger partial charge is 0.212 e. The Labute approximate surface area is 112 Å². The maximum atomic E-state index is 5.52. The van der Waals surface area contributed by atoms with Gasteiger partial charge in [0.15, 0.2) is 6.61 Å². The van der Waals surface area contributed by atoms with Crippen LogP contribution in [0.5, 0.6) is 5.75 Å². The molecule has 0 spiro atoms. The zero-order chi connectivity index (χ0) is 13.5. The van der Waals surface area contributed by atoms with Crippen LogP contribution < -0.4 is 10.1 Å². The van der Waals surface area contributed by atoms with E-state index in [4.69, 9.17) is 4.74 Å². The maximum absolute atomic E-state index is 5.52. The quantitative estimate of drug-likeness (QED) is 0.739. The zero-order valence-corrected chi connectivity index (χ0v) is 11.2. The van der Waals surface area contributed by atoms with Gasteiger partial charge in [0, 0.05) is 6.54 Å². The Balaban J connectivity index is 1.81. The molecule has 2 aromatic rings. The minimum Gasteiger partial charge on any atom is -0.484 e. The highest BCUT2D eigenvalue weighted by molar-refractivity contribution is 5.19. The molecule has 7 nitrogen and oxygen atoms in total. The molecule has 0 aliphatic carbocycles. The number of tetrazole rings is 1. The Morgan fingerprint density at radius 1 is 1.37 bits per heavy atom. The number of aromatic nitrogens is 5. The summed E-state index contributed by atoms with van der Waals surface area (Å²) in [5.41, 5.74) is 0.999. The van der Waals surface area contributed by atoms with Crippen molar-refractivity contribution in [3.05, 3.63) is 29.8 Å². The van der Waals surface area contributed by atoms with Gasteiger partial charge in [-0.25, -0.2) is 0 Å². The van der Waals surface area contributed by atoms with Gasteiger partial charge in [0.1, 0.15) is 5.75 Å². The second kappa shape index (κ2) is 6.79. The molecule has 0 aliphatic heterocycles. The van der Waals surface area contributed by atoms with Crippen molar-refractivity contribution in [3.8, 4) is 5.75 Å². The molecule has 0 aromatic carbocycles. The summed E-state index contributed by atoms with van der Waals surface area (Å²) in [5, 5.41) is 14.9. The average Bonchev–Trinajstić information content (AvgIpc) is 2.84. The van der Waals surface area contributed by atoms with Gasteiger partial charge in [-0.05, 0) is 30.3 Å². The second-order valence-corrected chi connectivity index (χ2v) is 4.15. The maximum Gasteiger partial charge on any atom is 0.212 e. The van der Waals surface area contributed by atoms with Gasteiger partial charge in [0.2, 0.25) is 5.82 Å². The molecule has 0 radical (unpaired) electrons. The molecular weight excluding hydrogens is 244 g/mol. The van der Waals surface area contributed by atoms with Crippen LogP contribution in [0.4, 0.5) is 0 Å². The molecule has 19 heavy (non-hydrogen) atoms. The Bertz CT molecular complexity index is 495.